The number of benzene rings is 1. The van der Waals surface area contributed by atoms with Crippen molar-refractivity contribution in [3.05, 3.63) is 41.2 Å². The summed E-state index contributed by atoms with van der Waals surface area (Å²) in [4.78, 5) is 51.8. The standard InChI is InChI=1S/C22H22F2N6O5/c23-22(24)6-12(10-31)7-28(11-22)21(35)16-9-30(27-26-16)14-2-1-13-8-29(20(34)15(13)5-14)17-3-4-18(32)25-19(17)33/h1-2,5,9,12,17,31H,3-4,6-8,10-11H2,(H,25,32,33). The van der Waals surface area contributed by atoms with Crippen LogP contribution in [0.3, 0.4) is 0 Å². The number of aromatic nitrogens is 3. The third-order valence-electron chi connectivity index (χ3n) is 6.52. The van der Waals surface area contributed by atoms with Crippen LogP contribution >= 0.6 is 0 Å². The zero-order valence-electron chi connectivity index (χ0n) is 18.5. The van der Waals surface area contributed by atoms with Crippen molar-refractivity contribution in [2.24, 2.45) is 5.92 Å². The van der Waals surface area contributed by atoms with Gasteiger partial charge in [-0.05, 0) is 24.1 Å². The van der Waals surface area contributed by atoms with E-state index in [1.165, 1.54) is 15.8 Å². The molecule has 2 N–H and O–H groups in total. The highest BCUT2D eigenvalue weighted by atomic mass is 19.3. The average molecular weight is 488 g/mol. The van der Waals surface area contributed by atoms with Gasteiger partial charge >= 0.3 is 0 Å². The molecule has 2 atom stereocenters. The first-order valence-corrected chi connectivity index (χ1v) is 11.1. The Morgan fingerprint density at radius 1 is 1.26 bits per heavy atom. The van der Waals surface area contributed by atoms with Crippen molar-refractivity contribution >= 4 is 23.6 Å². The Bertz CT molecular complexity index is 1230. The molecule has 1 aromatic carbocycles. The van der Waals surface area contributed by atoms with E-state index in [0.717, 1.165) is 4.90 Å². The number of hydrogen-bond donors (Lipinski definition) is 2. The molecule has 3 aliphatic rings. The molecular weight excluding hydrogens is 466 g/mol. The zero-order valence-corrected chi connectivity index (χ0v) is 18.5. The lowest BCUT2D eigenvalue weighted by Crippen LogP contribution is -2.52. The molecule has 4 amide bonds. The number of carbonyl (C=O) groups excluding carboxylic acids is 4. The Hall–Kier alpha value is -3.74. The van der Waals surface area contributed by atoms with Crippen LogP contribution in [0.2, 0.25) is 0 Å². The summed E-state index contributed by atoms with van der Waals surface area (Å²) in [7, 11) is 0. The van der Waals surface area contributed by atoms with Gasteiger partial charge in [0.15, 0.2) is 5.69 Å². The zero-order chi connectivity index (χ0) is 24.9. The van der Waals surface area contributed by atoms with Crippen LogP contribution in [0.25, 0.3) is 5.69 Å². The molecule has 184 valence electrons. The van der Waals surface area contributed by atoms with E-state index < -0.39 is 49.3 Å². The summed E-state index contributed by atoms with van der Waals surface area (Å²) < 4.78 is 29.2. The number of aliphatic hydroxyl groups excluding tert-OH is 1. The van der Waals surface area contributed by atoms with Gasteiger partial charge in [0.2, 0.25) is 11.8 Å². The van der Waals surface area contributed by atoms with Crippen LogP contribution < -0.4 is 5.32 Å². The summed E-state index contributed by atoms with van der Waals surface area (Å²) in [5.41, 5.74) is 1.34. The van der Waals surface area contributed by atoms with Crippen LogP contribution in [-0.4, -0.2) is 85.2 Å². The molecule has 1 aromatic heterocycles. The number of nitrogens with one attached hydrogen (secondary N) is 1. The minimum Gasteiger partial charge on any atom is -0.396 e. The van der Waals surface area contributed by atoms with Crippen molar-refractivity contribution in [1.82, 2.24) is 30.1 Å². The van der Waals surface area contributed by atoms with E-state index in [4.69, 9.17) is 0 Å². The van der Waals surface area contributed by atoms with Crippen molar-refractivity contribution in [2.75, 3.05) is 19.7 Å². The first-order valence-electron chi connectivity index (χ1n) is 11.1. The minimum atomic E-state index is -3.11. The molecule has 0 radical (unpaired) electrons. The third-order valence-corrected chi connectivity index (χ3v) is 6.52. The number of aliphatic hydroxyl groups is 1. The Kier molecular flexibility index (Phi) is 5.58. The van der Waals surface area contributed by atoms with Gasteiger partial charge in [0, 0.05) is 44.0 Å². The monoisotopic (exact) mass is 488 g/mol. The molecule has 2 unspecified atom stereocenters. The number of fused-ring (bicyclic) bond motifs is 1. The highest BCUT2D eigenvalue weighted by Crippen LogP contribution is 2.31. The number of rotatable bonds is 4. The maximum absolute atomic E-state index is 14.0. The quantitative estimate of drug-likeness (QED) is 0.583. The van der Waals surface area contributed by atoms with E-state index in [1.54, 1.807) is 18.2 Å². The topological polar surface area (TPSA) is 138 Å². The molecule has 4 heterocycles. The second-order valence-corrected chi connectivity index (χ2v) is 9.08. The van der Waals surface area contributed by atoms with E-state index in [1.807, 2.05) is 0 Å². The summed E-state index contributed by atoms with van der Waals surface area (Å²) in [5, 5.41) is 19.3. The number of piperidine rings is 2. The first-order chi connectivity index (χ1) is 16.6. The lowest BCUT2D eigenvalue weighted by Gasteiger charge is -2.36. The van der Waals surface area contributed by atoms with Crippen LogP contribution in [0.5, 0.6) is 0 Å². The Morgan fingerprint density at radius 2 is 2.06 bits per heavy atom. The first kappa shape index (κ1) is 23.0. The number of carbonyl (C=O) groups is 4. The molecule has 2 aromatic rings. The molecule has 13 heteroatoms. The second-order valence-electron chi connectivity index (χ2n) is 9.08. The van der Waals surface area contributed by atoms with Gasteiger partial charge in [0.1, 0.15) is 6.04 Å². The molecule has 0 spiro atoms. The molecule has 0 saturated carbocycles. The van der Waals surface area contributed by atoms with Crippen molar-refractivity contribution < 1.29 is 33.1 Å². The van der Waals surface area contributed by atoms with E-state index >= 15 is 0 Å². The second kappa shape index (κ2) is 8.48. The summed E-state index contributed by atoms with van der Waals surface area (Å²) in [6, 6.07) is 4.19. The maximum atomic E-state index is 14.0. The van der Waals surface area contributed by atoms with Crippen LogP contribution in [0.4, 0.5) is 8.78 Å². The van der Waals surface area contributed by atoms with E-state index in [-0.39, 0.29) is 43.4 Å². The predicted molar refractivity (Wildman–Crippen MR) is 113 cm³/mol. The van der Waals surface area contributed by atoms with Gasteiger partial charge in [-0.1, -0.05) is 11.3 Å². The van der Waals surface area contributed by atoms with Crippen LogP contribution in [0.1, 0.15) is 45.7 Å². The van der Waals surface area contributed by atoms with Crippen LogP contribution in [-0.2, 0) is 16.1 Å². The third kappa shape index (κ3) is 4.27. The van der Waals surface area contributed by atoms with E-state index in [0.29, 0.717) is 16.8 Å². The molecule has 35 heavy (non-hydrogen) atoms. The summed E-state index contributed by atoms with van der Waals surface area (Å²) in [6.45, 7) is -1.01. The fourth-order valence-electron chi connectivity index (χ4n) is 4.82. The predicted octanol–water partition coefficient (Wildman–Crippen LogP) is 0.118. The van der Waals surface area contributed by atoms with Gasteiger partial charge < -0.3 is 14.9 Å². The number of nitrogens with zero attached hydrogens (tertiary/aromatic N) is 5. The molecule has 3 aliphatic heterocycles. The molecule has 11 nitrogen and oxygen atoms in total. The largest absolute Gasteiger partial charge is 0.396 e. The van der Waals surface area contributed by atoms with Gasteiger partial charge in [-0.3, -0.25) is 24.5 Å². The number of hydrogen-bond acceptors (Lipinski definition) is 7. The van der Waals surface area contributed by atoms with Crippen LogP contribution in [0, 0.1) is 5.92 Å². The number of imide groups is 1. The molecule has 2 fully saturated rings. The van der Waals surface area contributed by atoms with Gasteiger partial charge in [-0.15, -0.1) is 5.10 Å². The average Bonchev–Trinajstić information content (AvgIpc) is 3.43. The maximum Gasteiger partial charge on any atom is 0.276 e. The van der Waals surface area contributed by atoms with E-state index in [2.05, 4.69) is 15.6 Å². The molecule has 5 rings (SSSR count). The number of alkyl halides is 2. The molecule has 2 saturated heterocycles. The molecule has 0 aliphatic carbocycles. The van der Waals surface area contributed by atoms with Gasteiger partial charge in [0.25, 0.3) is 17.7 Å². The van der Waals surface area contributed by atoms with E-state index in [9.17, 15) is 33.1 Å². The summed E-state index contributed by atoms with van der Waals surface area (Å²) in [6.07, 6.45) is 1.21. The number of likely N-dealkylation sites (tertiary alicyclic amines) is 1. The normalized spacial score (nSPS) is 23.9. The Balaban J connectivity index is 1.34. The summed E-state index contributed by atoms with van der Waals surface area (Å²) >= 11 is 0. The molecular formula is C22H22F2N6O5. The van der Waals surface area contributed by atoms with Gasteiger partial charge in [0.05, 0.1) is 18.4 Å². The highest BCUT2D eigenvalue weighted by Gasteiger charge is 2.42. The molecule has 0 bridgehead atoms. The van der Waals surface area contributed by atoms with Crippen molar-refractivity contribution in [3.8, 4) is 5.69 Å². The van der Waals surface area contributed by atoms with Gasteiger partial charge in [-0.2, -0.15) is 0 Å². The highest BCUT2D eigenvalue weighted by molar-refractivity contribution is 6.05. The Labute approximate surface area is 197 Å². The van der Waals surface area contributed by atoms with Crippen molar-refractivity contribution in [1.29, 1.82) is 0 Å². The Morgan fingerprint density at radius 3 is 2.80 bits per heavy atom. The van der Waals surface area contributed by atoms with Gasteiger partial charge in [-0.25, -0.2) is 13.5 Å². The number of amides is 4. The number of halogens is 2. The SMILES string of the molecule is O=C1CCC(N2Cc3ccc(-n4cc(C(=O)N5CC(CO)CC(F)(F)C5)nn4)cc3C2=O)C(=O)N1. The lowest BCUT2D eigenvalue weighted by molar-refractivity contribution is -0.136. The minimum absolute atomic E-state index is 0.0126. The van der Waals surface area contributed by atoms with Crippen LogP contribution in [0.15, 0.2) is 24.4 Å². The van der Waals surface area contributed by atoms with Crippen molar-refractivity contribution in [2.45, 2.75) is 37.8 Å². The summed E-state index contributed by atoms with van der Waals surface area (Å²) in [5.74, 6) is -5.80. The fourth-order valence-corrected chi connectivity index (χ4v) is 4.82. The lowest BCUT2D eigenvalue weighted by atomic mass is 9.96. The van der Waals surface area contributed by atoms with Crippen molar-refractivity contribution in [3.63, 3.8) is 0 Å². The smallest absolute Gasteiger partial charge is 0.276 e. The fraction of sp³-hybridized carbons (Fsp3) is 0.455.